The molecular formula is C30H47N3O4. The van der Waals surface area contributed by atoms with Crippen LogP contribution in [0.2, 0.25) is 0 Å². The number of nitrogens with zero attached hydrogens (tertiary/aromatic N) is 1. The molecule has 0 aliphatic heterocycles. The molecule has 1 aromatic carbocycles. The fourth-order valence-corrected chi connectivity index (χ4v) is 5.02. The summed E-state index contributed by atoms with van der Waals surface area (Å²) in [6, 6.07) is 9.81. The first kappa shape index (κ1) is 30.7. The summed E-state index contributed by atoms with van der Waals surface area (Å²) in [4.78, 5) is 28.4. The Hall–Kier alpha value is -2.48. The summed E-state index contributed by atoms with van der Waals surface area (Å²) in [5.74, 6) is -1.09. The normalized spacial score (nSPS) is 18.9. The van der Waals surface area contributed by atoms with Gasteiger partial charge < -0.3 is 25.8 Å². The molecule has 0 heterocycles. The molecule has 0 spiro atoms. The van der Waals surface area contributed by atoms with E-state index < -0.39 is 23.3 Å². The van der Waals surface area contributed by atoms with Crippen molar-refractivity contribution in [2.45, 2.75) is 72.0 Å². The van der Waals surface area contributed by atoms with Gasteiger partial charge in [0.15, 0.2) is 0 Å². The number of nitrogens with two attached hydrogens (primary N) is 1. The van der Waals surface area contributed by atoms with Crippen molar-refractivity contribution >= 4 is 11.8 Å². The maximum atomic E-state index is 13.4. The van der Waals surface area contributed by atoms with Gasteiger partial charge in [0.05, 0.1) is 17.6 Å². The van der Waals surface area contributed by atoms with Crippen LogP contribution in [0.15, 0.2) is 54.1 Å². The number of aliphatic hydroxyl groups excluding tert-OH is 1. The number of ether oxygens (including phenoxy) is 1. The minimum absolute atomic E-state index is 0.0603. The lowest BCUT2D eigenvalue weighted by Crippen LogP contribution is -2.51. The van der Waals surface area contributed by atoms with Gasteiger partial charge in [-0.1, -0.05) is 62.4 Å². The van der Waals surface area contributed by atoms with Gasteiger partial charge in [-0.05, 0) is 58.1 Å². The van der Waals surface area contributed by atoms with E-state index in [9.17, 15) is 14.7 Å². The zero-order valence-corrected chi connectivity index (χ0v) is 23.1. The second-order valence-corrected chi connectivity index (χ2v) is 10.3. The summed E-state index contributed by atoms with van der Waals surface area (Å²) in [6.07, 6.45) is 7.87. The van der Waals surface area contributed by atoms with E-state index in [0.29, 0.717) is 44.8 Å². The molecule has 1 aromatic rings. The third-order valence-corrected chi connectivity index (χ3v) is 6.91. The molecule has 0 bridgehead atoms. The van der Waals surface area contributed by atoms with Crippen LogP contribution in [0.25, 0.3) is 0 Å². The number of hydrogen-bond acceptors (Lipinski definition) is 5. The standard InChI is InChI=1S/C30H47N3O4/c1-5-17-33(18-6-2)28(35)25-14-10-15-30(21-25,29(31)36)26(20-24-12-8-7-9-13-24)27(34)22-32-16-11-19-37-23(3)4/h7-10,12-15,23,26-27,32,34H,5-6,11,16-22H2,1-4H3,(H2,31,36)/t26-,27+,30?/m1/s1. The molecule has 7 heteroatoms. The highest BCUT2D eigenvalue weighted by molar-refractivity contribution is 5.96. The SMILES string of the molecule is CCCN(CCC)C(=O)C1=CC=CC(C(N)=O)([C@H](Cc2ccccc2)[C@@H](O)CNCCCOC(C)C)C1. The van der Waals surface area contributed by atoms with Gasteiger partial charge in [0.2, 0.25) is 11.8 Å². The van der Waals surface area contributed by atoms with Crippen molar-refractivity contribution in [3.8, 4) is 0 Å². The first-order chi connectivity index (χ1) is 17.7. The maximum Gasteiger partial charge on any atom is 0.249 e. The van der Waals surface area contributed by atoms with Crippen molar-refractivity contribution in [2.24, 2.45) is 17.1 Å². The molecule has 3 atom stereocenters. The lowest BCUT2D eigenvalue weighted by molar-refractivity contribution is -0.132. The quantitative estimate of drug-likeness (QED) is 0.276. The highest BCUT2D eigenvalue weighted by atomic mass is 16.5. The summed E-state index contributed by atoms with van der Waals surface area (Å²) < 4.78 is 5.59. The van der Waals surface area contributed by atoms with E-state index in [1.54, 1.807) is 18.2 Å². The summed E-state index contributed by atoms with van der Waals surface area (Å²) in [5, 5.41) is 14.7. The summed E-state index contributed by atoms with van der Waals surface area (Å²) in [5.41, 5.74) is 6.47. The van der Waals surface area contributed by atoms with Gasteiger partial charge in [-0.2, -0.15) is 0 Å². The Labute approximate surface area is 223 Å². The Bertz CT molecular complexity index is 893. The van der Waals surface area contributed by atoms with Crippen LogP contribution in [0.1, 0.15) is 58.9 Å². The van der Waals surface area contributed by atoms with Crippen molar-refractivity contribution in [1.82, 2.24) is 10.2 Å². The summed E-state index contributed by atoms with van der Waals surface area (Å²) in [7, 11) is 0. The topological polar surface area (TPSA) is 105 Å². The van der Waals surface area contributed by atoms with Crippen LogP contribution >= 0.6 is 0 Å². The predicted octanol–water partition coefficient (Wildman–Crippen LogP) is 3.62. The van der Waals surface area contributed by atoms with Crippen molar-refractivity contribution < 1.29 is 19.4 Å². The van der Waals surface area contributed by atoms with Crippen LogP contribution in [0.5, 0.6) is 0 Å². The fraction of sp³-hybridized carbons (Fsp3) is 0.600. The fourth-order valence-electron chi connectivity index (χ4n) is 5.02. The first-order valence-corrected chi connectivity index (χ1v) is 13.8. The maximum absolute atomic E-state index is 13.4. The zero-order valence-electron chi connectivity index (χ0n) is 23.1. The van der Waals surface area contributed by atoms with Crippen LogP contribution in [0.4, 0.5) is 0 Å². The largest absolute Gasteiger partial charge is 0.391 e. The molecule has 4 N–H and O–H groups in total. The van der Waals surface area contributed by atoms with E-state index in [-0.39, 0.29) is 18.4 Å². The molecule has 2 rings (SSSR count). The van der Waals surface area contributed by atoms with Crippen LogP contribution in [0, 0.1) is 11.3 Å². The Kier molecular flexibility index (Phi) is 13.0. The van der Waals surface area contributed by atoms with Gasteiger partial charge in [0.1, 0.15) is 0 Å². The lowest BCUT2D eigenvalue weighted by atomic mass is 9.64. The number of primary amides is 1. The minimum Gasteiger partial charge on any atom is -0.391 e. The summed E-state index contributed by atoms with van der Waals surface area (Å²) in [6.45, 7) is 11.1. The molecule has 37 heavy (non-hydrogen) atoms. The van der Waals surface area contributed by atoms with Crippen molar-refractivity contribution in [3.05, 3.63) is 59.7 Å². The molecule has 0 radical (unpaired) electrons. The van der Waals surface area contributed by atoms with E-state index in [1.165, 1.54) is 0 Å². The van der Waals surface area contributed by atoms with Crippen molar-refractivity contribution in [2.75, 3.05) is 32.8 Å². The van der Waals surface area contributed by atoms with Crippen LogP contribution in [-0.4, -0.2) is 66.8 Å². The van der Waals surface area contributed by atoms with Crippen LogP contribution in [0.3, 0.4) is 0 Å². The Morgan fingerprint density at radius 1 is 1.16 bits per heavy atom. The number of rotatable bonds is 17. The zero-order chi connectivity index (χ0) is 27.3. The lowest BCUT2D eigenvalue weighted by Gasteiger charge is -2.41. The molecule has 0 aromatic heterocycles. The molecule has 0 fully saturated rings. The van der Waals surface area contributed by atoms with Gasteiger partial charge in [0, 0.05) is 37.7 Å². The predicted molar refractivity (Wildman–Crippen MR) is 149 cm³/mol. The number of carbonyl (C=O) groups excluding carboxylic acids is 2. The highest BCUT2D eigenvalue weighted by Crippen LogP contribution is 2.42. The Morgan fingerprint density at radius 3 is 2.43 bits per heavy atom. The number of hydrogen-bond donors (Lipinski definition) is 3. The van der Waals surface area contributed by atoms with Crippen molar-refractivity contribution in [3.63, 3.8) is 0 Å². The second kappa shape index (κ2) is 15.7. The van der Waals surface area contributed by atoms with E-state index in [4.69, 9.17) is 10.5 Å². The van der Waals surface area contributed by atoms with E-state index in [2.05, 4.69) is 5.32 Å². The summed E-state index contributed by atoms with van der Waals surface area (Å²) >= 11 is 0. The molecule has 206 valence electrons. The third-order valence-electron chi connectivity index (χ3n) is 6.91. The van der Waals surface area contributed by atoms with Gasteiger partial charge >= 0.3 is 0 Å². The van der Waals surface area contributed by atoms with Crippen LogP contribution < -0.4 is 11.1 Å². The molecular weight excluding hydrogens is 466 g/mol. The number of amides is 2. The van der Waals surface area contributed by atoms with E-state index >= 15 is 0 Å². The first-order valence-electron chi connectivity index (χ1n) is 13.8. The van der Waals surface area contributed by atoms with E-state index in [0.717, 1.165) is 24.8 Å². The molecule has 1 aliphatic rings. The average Bonchev–Trinajstić information content (AvgIpc) is 2.89. The average molecular weight is 514 g/mol. The molecule has 0 saturated heterocycles. The number of allylic oxidation sites excluding steroid dienone is 2. The van der Waals surface area contributed by atoms with E-state index in [1.807, 2.05) is 62.9 Å². The number of carbonyl (C=O) groups is 2. The van der Waals surface area contributed by atoms with Gasteiger partial charge in [-0.25, -0.2) is 0 Å². The molecule has 2 amide bonds. The monoisotopic (exact) mass is 513 g/mol. The smallest absolute Gasteiger partial charge is 0.249 e. The Balaban J connectivity index is 2.27. The molecule has 1 unspecified atom stereocenters. The molecule has 1 aliphatic carbocycles. The van der Waals surface area contributed by atoms with Crippen molar-refractivity contribution in [1.29, 1.82) is 0 Å². The van der Waals surface area contributed by atoms with Crippen LogP contribution in [-0.2, 0) is 20.7 Å². The third kappa shape index (κ3) is 9.09. The van der Waals surface area contributed by atoms with Gasteiger partial charge in [-0.15, -0.1) is 0 Å². The minimum atomic E-state index is -1.18. The highest BCUT2D eigenvalue weighted by Gasteiger charge is 2.47. The molecule has 7 nitrogen and oxygen atoms in total. The molecule has 0 saturated carbocycles. The Morgan fingerprint density at radius 2 is 1.84 bits per heavy atom. The second-order valence-electron chi connectivity index (χ2n) is 10.3. The van der Waals surface area contributed by atoms with Gasteiger partial charge in [-0.3, -0.25) is 9.59 Å². The van der Waals surface area contributed by atoms with Gasteiger partial charge in [0.25, 0.3) is 0 Å². The number of nitrogens with one attached hydrogen (secondary N) is 1. The number of benzene rings is 1. The number of aliphatic hydroxyl groups is 1.